The quantitative estimate of drug-likeness (QED) is 0.312. The van der Waals surface area contributed by atoms with Crippen LogP contribution < -0.4 is 21.3 Å². The van der Waals surface area contributed by atoms with E-state index in [0.29, 0.717) is 6.61 Å². The number of nitrogens with one attached hydrogen (secondary N) is 6. The van der Waals surface area contributed by atoms with Crippen molar-refractivity contribution in [3.8, 4) is 0 Å². The molecule has 2 aromatic rings. The molecule has 0 spiro atoms. The average molecular weight is 326 g/mol. The van der Waals surface area contributed by atoms with E-state index in [-0.39, 0.29) is 18.5 Å². The summed E-state index contributed by atoms with van der Waals surface area (Å²) in [7, 11) is 0. The summed E-state index contributed by atoms with van der Waals surface area (Å²) in [5, 5.41) is 34.7. The minimum absolute atomic E-state index is 0.0195. The number of amides is 4. The van der Waals surface area contributed by atoms with Gasteiger partial charge in [0.1, 0.15) is 6.17 Å². The van der Waals surface area contributed by atoms with E-state index in [1.807, 2.05) is 0 Å². The van der Waals surface area contributed by atoms with Gasteiger partial charge in [-0.3, -0.25) is 10.6 Å². The number of anilines is 2. The van der Waals surface area contributed by atoms with Crippen molar-refractivity contribution in [2.45, 2.75) is 13.1 Å². The van der Waals surface area contributed by atoms with Crippen LogP contribution in [0.25, 0.3) is 0 Å². The summed E-state index contributed by atoms with van der Waals surface area (Å²) in [6, 6.07) is -1.31. The summed E-state index contributed by atoms with van der Waals surface area (Å²) in [4.78, 5) is 23.5. The molecular formula is C8H14N12O3. The smallest absolute Gasteiger partial charge is 0.323 e. The number of rotatable bonds is 7. The summed E-state index contributed by atoms with van der Waals surface area (Å²) in [5.41, 5.74) is 0. The summed E-state index contributed by atoms with van der Waals surface area (Å²) in [6.45, 7) is 2.21. The molecule has 0 fully saturated rings. The third kappa shape index (κ3) is 5.50. The number of carbonyl (C=O) groups excluding carboxylic acids is 2. The SMILES string of the molecule is CCOCC(NC(=O)Nc1nn[nH]n1)NC(=O)Nc1nn[nH]n1. The van der Waals surface area contributed by atoms with Gasteiger partial charge < -0.3 is 15.4 Å². The van der Waals surface area contributed by atoms with Gasteiger partial charge in [0.2, 0.25) is 0 Å². The van der Waals surface area contributed by atoms with E-state index >= 15 is 0 Å². The molecule has 0 radical (unpaired) electrons. The lowest BCUT2D eigenvalue weighted by molar-refractivity contribution is 0.117. The molecule has 0 aliphatic heterocycles. The molecule has 4 amide bonds. The van der Waals surface area contributed by atoms with Gasteiger partial charge in [-0.15, -0.1) is 10.2 Å². The Hall–Kier alpha value is -3.36. The lowest BCUT2D eigenvalue weighted by atomic mass is 10.5. The first-order valence-corrected chi connectivity index (χ1v) is 6.37. The molecule has 6 N–H and O–H groups in total. The number of aromatic nitrogens is 8. The largest absolute Gasteiger partial charge is 0.378 e. The minimum Gasteiger partial charge on any atom is -0.378 e. The number of nitrogens with zero attached hydrogens (tertiary/aromatic N) is 6. The fraction of sp³-hybridized carbons (Fsp3) is 0.500. The highest BCUT2D eigenvalue weighted by atomic mass is 16.5. The van der Waals surface area contributed by atoms with Crippen LogP contribution in [-0.2, 0) is 4.74 Å². The second-order valence-electron chi connectivity index (χ2n) is 3.88. The Kier molecular flexibility index (Phi) is 5.69. The maximum atomic E-state index is 11.8. The molecule has 0 aliphatic rings. The fourth-order valence-electron chi connectivity index (χ4n) is 1.38. The van der Waals surface area contributed by atoms with Gasteiger partial charge in [-0.1, -0.05) is 10.2 Å². The van der Waals surface area contributed by atoms with Crippen LogP contribution in [0.5, 0.6) is 0 Å². The van der Waals surface area contributed by atoms with Crippen LogP contribution in [0.4, 0.5) is 21.5 Å². The van der Waals surface area contributed by atoms with Crippen LogP contribution in [0.3, 0.4) is 0 Å². The summed E-state index contributed by atoms with van der Waals surface area (Å²) < 4.78 is 5.18. The second-order valence-corrected chi connectivity index (χ2v) is 3.88. The van der Waals surface area contributed by atoms with Crippen molar-refractivity contribution < 1.29 is 14.3 Å². The molecule has 2 aromatic heterocycles. The molecule has 0 bridgehead atoms. The van der Waals surface area contributed by atoms with Gasteiger partial charge >= 0.3 is 12.1 Å². The maximum absolute atomic E-state index is 11.8. The van der Waals surface area contributed by atoms with Crippen LogP contribution in [0.1, 0.15) is 6.92 Å². The molecule has 15 nitrogen and oxygen atoms in total. The number of H-pyrrole nitrogens is 2. The third-order valence-electron chi connectivity index (χ3n) is 2.24. The molecule has 0 saturated carbocycles. The van der Waals surface area contributed by atoms with Gasteiger partial charge in [0.15, 0.2) is 0 Å². The van der Waals surface area contributed by atoms with Crippen LogP contribution in [0.2, 0.25) is 0 Å². The lowest BCUT2D eigenvalue weighted by Crippen LogP contribution is -2.53. The molecule has 0 saturated heterocycles. The maximum Gasteiger partial charge on any atom is 0.323 e. The predicted octanol–water partition coefficient (Wildman–Crippen LogP) is -1.98. The Balaban J connectivity index is 1.85. The number of tetrazole rings is 2. The van der Waals surface area contributed by atoms with Gasteiger partial charge in [-0.05, 0) is 17.4 Å². The Morgan fingerprint density at radius 1 is 1.04 bits per heavy atom. The molecule has 2 heterocycles. The number of urea groups is 2. The normalized spacial score (nSPS) is 10.3. The Labute approximate surface area is 128 Å². The van der Waals surface area contributed by atoms with E-state index in [1.54, 1.807) is 6.92 Å². The van der Waals surface area contributed by atoms with Crippen LogP contribution >= 0.6 is 0 Å². The first-order chi connectivity index (χ1) is 11.2. The standard InChI is InChI=1S/C8H14N12O3/c1-2-23-3-4(9-7(21)11-5-13-17-18-14-5)10-8(22)12-6-15-19-20-16-6/h4H,2-3H2,1H3,(H3,9,11,13,14,17,18,21)(H3,10,12,15,16,19,20,22). The molecule has 0 aliphatic carbocycles. The molecule has 0 aromatic carbocycles. The van der Waals surface area contributed by atoms with E-state index in [1.165, 1.54) is 0 Å². The van der Waals surface area contributed by atoms with Gasteiger partial charge in [0.05, 0.1) is 6.61 Å². The molecule has 15 heteroatoms. The van der Waals surface area contributed by atoms with Crippen LogP contribution in [0, 0.1) is 0 Å². The molecule has 23 heavy (non-hydrogen) atoms. The van der Waals surface area contributed by atoms with Gasteiger partial charge in [0.25, 0.3) is 11.9 Å². The fourth-order valence-corrected chi connectivity index (χ4v) is 1.38. The van der Waals surface area contributed by atoms with Crippen molar-refractivity contribution in [2.75, 3.05) is 23.8 Å². The van der Waals surface area contributed by atoms with E-state index in [9.17, 15) is 9.59 Å². The molecule has 124 valence electrons. The van der Waals surface area contributed by atoms with Crippen molar-refractivity contribution in [3.05, 3.63) is 0 Å². The first kappa shape index (κ1) is 16.0. The van der Waals surface area contributed by atoms with Crippen LogP contribution in [-0.4, -0.2) is 72.7 Å². The van der Waals surface area contributed by atoms with Crippen molar-refractivity contribution in [2.24, 2.45) is 0 Å². The van der Waals surface area contributed by atoms with Crippen molar-refractivity contribution >= 4 is 24.0 Å². The van der Waals surface area contributed by atoms with E-state index in [2.05, 4.69) is 62.5 Å². The minimum atomic E-state index is -0.825. The lowest BCUT2D eigenvalue weighted by Gasteiger charge is -2.19. The Bertz CT molecular complexity index is 548. The highest BCUT2D eigenvalue weighted by Crippen LogP contribution is 1.93. The summed E-state index contributed by atoms with van der Waals surface area (Å²) in [5.74, 6) is -0.0391. The molecule has 0 unspecified atom stereocenters. The number of aromatic amines is 2. The van der Waals surface area contributed by atoms with Gasteiger partial charge in [-0.25, -0.2) is 9.59 Å². The van der Waals surface area contributed by atoms with Crippen molar-refractivity contribution in [3.63, 3.8) is 0 Å². The highest BCUT2D eigenvalue weighted by Gasteiger charge is 2.17. The molecule has 2 rings (SSSR count). The first-order valence-electron chi connectivity index (χ1n) is 6.37. The van der Waals surface area contributed by atoms with Gasteiger partial charge in [-0.2, -0.15) is 10.4 Å². The van der Waals surface area contributed by atoms with Crippen LogP contribution in [0.15, 0.2) is 0 Å². The van der Waals surface area contributed by atoms with Crippen molar-refractivity contribution in [1.29, 1.82) is 0 Å². The molecule has 0 atom stereocenters. The summed E-state index contributed by atoms with van der Waals surface area (Å²) in [6.07, 6.45) is -0.825. The highest BCUT2D eigenvalue weighted by molar-refractivity contribution is 5.89. The zero-order valence-corrected chi connectivity index (χ0v) is 11.9. The predicted molar refractivity (Wildman–Crippen MR) is 72.9 cm³/mol. The Morgan fingerprint density at radius 2 is 1.57 bits per heavy atom. The zero-order chi connectivity index (χ0) is 16.5. The number of ether oxygens (including phenoxy) is 1. The van der Waals surface area contributed by atoms with Crippen molar-refractivity contribution in [1.82, 2.24) is 51.9 Å². The van der Waals surface area contributed by atoms with E-state index in [0.717, 1.165) is 0 Å². The Morgan fingerprint density at radius 3 is 1.96 bits per heavy atom. The average Bonchev–Trinajstić information content (AvgIpc) is 3.18. The second kappa shape index (κ2) is 8.17. The number of hydrogen-bond acceptors (Lipinski definition) is 9. The number of hydrogen-bond donors (Lipinski definition) is 6. The van der Waals surface area contributed by atoms with E-state index < -0.39 is 18.2 Å². The zero-order valence-electron chi connectivity index (χ0n) is 11.9. The topological polar surface area (TPSA) is 200 Å². The molecular weight excluding hydrogens is 312 g/mol. The summed E-state index contributed by atoms with van der Waals surface area (Å²) >= 11 is 0. The van der Waals surface area contributed by atoms with Gasteiger partial charge in [0, 0.05) is 6.61 Å². The monoisotopic (exact) mass is 326 g/mol. The van der Waals surface area contributed by atoms with E-state index in [4.69, 9.17) is 4.74 Å². The third-order valence-corrected chi connectivity index (χ3v) is 2.24. The number of carbonyl (C=O) groups is 2.